The van der Waals surface area contributed by atoms with Crippen LogP contribution in [0.25, 0.3) is 0 Å². The zero-order valence-corrected chi connectivity index (χ0v) is 22.8. The van der Waals surface area contributed by atoms with Gasteiger partial charge in [-0.15, -0.1) is 11.3 Å². The molecule has 0 radical (unpaired) electrons. The molecule has 2 amide bonds. The number of carbonyl (C=O) groups is 2. The van der Waals surface area contributed by atoms with E-state index in [1.54, 1.807) is 24.8 Å². The molecule has 3 heterocycles. The molecule has 1 aromatic heterocycles. The number of halogens is 3. The van der Waals surface area contributed by atoms with E-state index < -0.39 is 28.7 Å². The Bertz CT molecular complexity index is 1250. The number of nitrogens with zero attached hydrogens (tertiary/aromatic N) is 5. The van der Waals surface area contributed by atoms with Gasteiger partial charge in [-0.3, -0.25) is 19.4 Å². The summed E-state index contributed by atoms with van der Waals surface area (Å²) in [6, 6.07) is 8.46. The van der Waals surface area contributed by atoms with Gasteiger partial charge in [-0.25, -0.2) is 0 Å². The number of hydrogen-bond acceptors (Lipinski definition) is 6. The number of thiophene rings is 1. The van der Waals surface area contributed by atoms with Gasteiger partial charge in [0.1, 0.15) is 5.54 Å². The van der Waals surface area contributed by atoms with Crippen LogP contribution in [0.3, 0.4) is 0 Å². The molecule has 0 aliphatic carbocycles. The SMILES string of the molecule is CC1(C)C(=O)N(c2ccc(C#N)c(C(F)(F)F)c2)C(=S)N1CCCCN1CCN(C(=O)c2cccs2)CC1. The molecule has 0 spiro atoms. The van der Waals surface area contributed by atoms with Crippen LogP contribution in [0.4, 0.5) is 18.9 Å². The molecule has 2 aromatic rings. The van der Waals surface area contributed by atoms with Crippen molar-refractivity contribution in [3.05, 3.63) is 51.7 Å². The Balaban J connectivity index is 1.33. The van der Waals surface area contributed by atoms with Crippen LogP contribution in [0.2, 0.25) is 0 Å². The molecule has 202 valence electrons. The van der Waals surface area contributed by atoms with Gasteiger partial charge in [0.15, 0.2) is 5.11 Å². The van der Waals surface area contributed by atoms with Crippen LogP contribution < -0.4 is 4.90 Å². The van der Waals surface area contributed by atoms with Crippen molar-refractivity contribution in [1.29, 1.82) is 5.26 Å². The Hall–Kier alpha value is -3.01. The Morgan fingerprint density at radius 3 is 2.42 bits per heavy atom. The minimum absolute atomic E-state index is 0.00290. The average molecular weight is 564 g/mol. The van der Waals surface area contributed by atoms with E-state index in [9.17, 15) is 22.8 Å². The van der Waals surface area contributed by atoms with Crippen molar-refractivity contribution in [2.24, 2.45) is 0 Å². The van der Waals surface area contributed by atoms with Crippen LogP contribution in [0.15, 0.2) is 35.7 Å². The number of amides is 2. The summed E-state index contributed by atoms with van der Waals surface area (Å²) in [5, 5.41) is 11.1. The van der Waals surface area contributed by atoms with Gasteiger partial charge in [-0.1, -0.05) is 6.07 Å². The molecule has 4 rings (SSSR count). The Kier molecular flexibility index (Phi) is 8.11. The van der Waals surface area contributed by atoms with E-state index in [0.29, 0.717) is 19.6 Å². The number of alkyl halides is 3. The first-order chi connectivity index (χ1) is 17.9. The molecule has 0 N–H and O–H groups in total. The maximum atomic E-state index is 13.5. The number of thiocarbonyl (C=S) groups is 1. The standard InChI is InChI=1S/C26H28F3N5O2S2/c1-25(2)23(36)34(19-8-7-18(17-30)20(16-19)26(27,28)29)24(37)33(25)10-4-3-9-31-11-13-32(14-12-31)22(35)21-6-5-15-38-21/h5-8,15-16H,3-4,9-14H2,1-2H3. The molecule has 0 atom stereocenters. The summed E-state index contributed by atoms with van der Waals surface area (Å²) in [5.41, 5.74) is -2.62. The number of hydrogen-bond donors (Lipinski definition) is 0. The number of benzene rings is 1. The molecule has 0 bridgehead atoms. The van der Waals surface area contributed by atoms with Gasteiger partial charge >= 0.3 is 6.18 Å². The highest BCUT2D eigenvalue weighted by Gasteiger charge is 2.49. The smallest absolute Gasteiger partial charge is 0.335 e. The highest BCUT2D eigenvalue weighted by Crippen LogP contribution is 2.38. The lowest BCUT2D eigenvalue weighted by Crippen LogP contribution is -2.48. The van der Waals surface area contributed by atoms with E-state index in [1.807, 2.05) is 22.4 Å². The van der Waals surface area contributed by atoms with Crippen LogP contribution in [0, 0.1) is 11.3 Å². The number of carbonyl (C=O) groups excluding carboxylic acids is 2. The number of rotatable bonds is 7. The Morgan fingerprint density at radius 2 is 1.82 bits per heavy atom. The van der Waals surface area contributed by atoms with Gasteiger partial charge in [-0.2, -0.15) is 18.4 Å². The number of piperazine rings is 1. The maximum Gasteiger partial charge on any atom is 0.417 e. The topological polar surface area (TPSA) is 70.9 Å². The lowest BCUT2D eigenvalue weighted by molar-refractivity contribution is -0.137. The normalized spacial score (nSPS) is 18.3. The number of anilines is 1. The van der Waals surface area contributed by atoms with Gasteiger partial charge in [0.2, 0.25) is 0 Å². The Morgan fingerprint density at radius 1 is 1.13 bits per heavy atom. The molecule has 2 aliphatic heterocycles. The van der Waals surface area contributed by atoms with Crippen LogP contribution >= 0.6 is 23.6 Å². The molecule has 0 saturated carbocycles. The van der Waals surface area contributed by atoms with Gasteiger partial charge < -0.3 is 9.80 Å². The van der Waals surface area contributed by atoms with Crippen LogP contribution in [-0.2, 0) is 11.0 Å². The summed E-state index contributed by atoms with van der Waals surface area (Å²) >= 11 is 7.00. The van der Waals surface area contributed by atoms with E-state index in [-0.39, 0.29) is 16.7 Å². The maximum absolute atomic E-state index is 13.5. The van der Waals surface area contributed by atoms with Gasteiger partial charge in [0, 0.05) is 32.7 Å². The van der Waals surface area contributed by atoms with Crippen LogP contribution in [0.5, 0.6) is 0 Å². The minimum atomic E-state index is -4.73. The molecule has 0 unspecified atom stereocenters. The van der Waals surface area contributed by atoms with E-state index in [1.165, 1.54) is 17.4 Å². The first-order valence-electron chi connectivity index (χ1n) is 12.3. The van der Waals surface area contributed by atoms with Gasteiger partial charge in [0.05, 0.1) is 27.8 Å². The monoisotopic (exact) mass is 563 g/mol. The number of nitriles is 1. The fraction of sp³-hybridized carbons (Fsp3) is 0.462. The summed E-state index contributed by atoms with van der Waals surface area (Å²) in [7, 11) is 0. The molecule has 2 saturated heterocycles. The zero-order valence-electron chi connectivity index (χ0n) is 21.1. The summed E-state index contributed by atoms with van der Waals surface area (Å²) in [6.45, 7) is 7.66. The fourth-order valence-corrected chi connectivity index (χ4v) is 5.98. The van der Waals surface area contributed by atoms with Crippen molar-refractivity contribution in [3.63, 3.8) is 0 Å². The van der Waals surface area contributed by atoms with E-state index in [2.05, 4.69) is 4.90 Å². The third kappa shape index (κ3) is 5.55. The molecular formula is C26H28F3N5O2S2. The summed E-state index contributed by atoms with van der Waals surface area (Å²) < 4.78 is 40.5. The highest BCUT2D eigenvalue weighted by atomic mass is 32.1. The first-order valence-corrected chi connectivity index (χ1v) is 13.6. The molecule has 12 heteroatoms. The van der Waals surface area contributed by atoms with Crippen LogP contribution in [-0.4, -0.2) is 76.4 Å². The second-order valence-electron chi connectivity index (χ2n) is 9.79. The second-order valence-corrected chi connectivity index (χ2v) is 11.1. The lowest BCUT2D eigenvalue weighted by atomic mass is 10.0. The van der Waals surface area contributed by atoms with Crippen molar-refractivity contribution >= 4 is 46.2 Å². The first kappa shape index (κ1) is 28.0. The summed E-state index contributed by atoms with van der Waals surface area (Å²) in [5.74, 6) is -0.338. The van der Waals surface area contributed by atoms with Crippen molar-refractivity contribution in [2.45, 2.75) is 38.4 Å². The quantitative estimate of drug-likeness (QED) is 0.363. The molecular weight excluding hydrogens is 535 g/mol. The fourth-order valence-electron chi connectivity index (χ4n) is 4.78. The van der Waals surface area contributed by atoms with Gasteiger partial charge in [-0.05, 0) is 75.1 Å². The third-order valence-corrected chi connectivity index (χ3v) is 8.27. The third-order valence-electron chi connectivity index (χ3n) is 7.01. The summed E-state index contributed by atoms with van der Waals surface area (Å²) in [4.78, 5) is 33.6. The van der Waals surface area contributed by atoms with Crippen LogP contribution in [0.1, 0.15) is 47.5 Å². The molecule has 2 fully saturated rings. The zero-order chi connectivity index (χ0) is 27.7. The van der Waals surface area contributed by atoms with Gasteiger partial charge in [0.25, 0.3) is 11.8 Å². The van der Waals surface area contributed by atoms with Crippen molar-refractivity contribution in [1.82, 2.24) is 14.7 Å². The highest BCUT2D eigenvalue weighted by molar-refractivity contribution is 7.80. The number of unbranched alkanes of at least 4 members (excludes halogenated alkanes) is 1. The Labute approximate surface area is 229 Å². The van der Waals surface area contributed by atoms with Crippen molar-refractivity contribution in [3.8, 4) is 6.07 Å². The summed E-state index contributed by atoms with van der Waals surface area (Å²) in [6.07, 6.45) is -3.15. The molecule has 38 heavy (non-hydrogen) atoms. The van der Waals surface area contributed by atoms with E-state index in [4.69, 9.17) is 17.5 Å². The molecule has 7 nitrogen and oxygen atoms in total. The predicted molar refractivity (Wildman–Crippen MR) is 143 cm³/mol. The predicted octanol–water partition coefficient (Wildman–Crippen LogP) is 4.59. The van der Waals surface area contributed by atoms with Crippen molar-refractivity contribution < 1.29 is 22.8 Å². The second kappa shape index (κ2) is 11.0. The molecule has 2 aliphatic rings. The van der Waals surface area contributed by atoms with Crippen molar-refractivity contribution in [2.75, 3.05) is 44.2 Å². The average Bonchev–Trinajstić information content (AvgIpc) is 3.47. The van der Waals surface area contributed by atoms with E-state index in [0.717, 1.165) is 54.4 Å². The minimum Gasteiger partial charge on any atom is -0.335 e. The lowest BCUT2D eigenvalue weighted by Gasteiger charge is -2.35. The largest absolute Gasteiger partial charge is 0.417 e. The molecule has 1 aromatic carbocycles. The van der Waals surface area contributed by atoms with E-state index >= 15 is 0 Å².